The topological polar surface area (TPSA) is 42.4 Å². The molecule has 3 rings (SSSR count). The van der Waals surface area contributed by atoms with Crippen molar-refractivity contribution in [1.29, 1.82) is 0 Å². The van der Waals surface area contributed by atoms with Gasteiger partial charge in [0, 0.05) is 22.9 Å². The van der Waals surface area contributed by atoms with Crippen molar-refractivity contribution in [3.05, 3.63) is 67.8 Å². The molecule has 1 aromatic carbocycles. The minimum absolute atomic E-state index is 0.00877. The predicted octanol–water partition coefficient (Wildman–Crippen LogP) is 4.67. The summed E-state index contributed by atoms with van der Waals surface area (Å²) in [6.45, 7) is 5.11. The number of aryl methyl sites for hydroxylation is 2. The van der Waals surface area contributed by atoms with E-state index in [1.165, 1.54) is 10.4 Å². The van der Waals surface area contributed by atoms with Crippen molar-refractivity contribution in [3.8, 4) is 5.75 Å². The molecular weight excluding hydrogens is 352 g/mol. The smallest absolute Gasteiger partial charge is 0.253 e. The fourth-order valence-electron chi connectivity index (χ4n) is 2.40. The third-order valence-electron chi connectivity index (χ3n) is 3.85. The Hall–Kier alpha value is -2.18. The maximum Gasteiger partial charge on any atom is 0.253 e. The third-order valence-corrected chi connectivity index (χ3v) is 5.68. The van der Waals surface area contributed by atoms with Crippen molar-refractivity contribution in [3.63, 3.8) is 0 Å². The first-order valence-corrected chi connectivity index (χ1v) is 9.71. The molecule has 3 aromatic rings. The Morgan fingerprint density at radius 1 is 1.16 bits per heavy atom. The average molecular weight is 373 g/mol. The Balaban J connectivity index is 1.59. The molecule has 0 aliphatic rings. The molecule has 2 aromatic heterocycles. The first kappa shape index (κ1) is 17.6. The number of ether oxygens (including phenoxy) is 1. The largest absolute Gasteiger partial charge is 0.487 e. The zero-order chi connectivity index (χ0) is 17.8. The minimum atomic E-state index is 0.00877. The molecule has 0 spiro atoms. The van der Waals surface area contributed by atoms with Crippen molar-refractivity contribution in [2.75, 3.05) is 7.05 Å². The molecule has 0 saturated heterocycles. The third kappa shape index (κ3) is 4.46. The molecule has 4 nitrogen and oxygen atoms in total. The fraction of sp³-hybridized carbons (Fsp3) is 0.263. The van der Waals surface area contributed by atoms with E-state index in [1.54, 1.807) is 27.6 Å². The molecule has 0 aliphatic carbocycles. The summed E-state index contributed by atoms with van der Waals surface area (Å²) in [4.78, 5) is 19.9. The van der Waals surface area contributed by atoms with Gasteiger partial charge in [-0.25, -0.2) is 4.98 Å². The number of carbonyl (C=O) groups is 1. The highest BCUT2D eigenvalue weighted by molar-refractivity contribution is 7.10. The molecule has 0 aliphatic heterocycles. The van der Waals surface area contributed by atoms with E-state index >= 15 is 0 Å². The summed E-state index contributed by atoms with van der Waals surface area (Å²) in [5.74, 6) is 0.744. The van der Waals surface area contributed by atoms with Crippen LogP contribution in [0.5, 0.6) is 5.75 Å². The normalized spacial score (nSPS) is 10.7. The van der Waals surface area contributed by atoms with Crippen LogP contribution in [-0.2, 0) is 13.2 Å². The standard InChI is InChI=1S/C19H20N2O2S2/c1-13-8-9-24-18(13)10-21(3)19(22)15-4-6-17(7-5-15)23-11-16-12-25-14(2)20-16/h4-9,12H,10-11H2,1-3H3. The Labute approximate surface area is 155 Å². The van der Waals surface area contributed by atoms with Crippen LogP contribution in [-0.4, -0.2) is 22.8 Å². The highest BCUT2D eigenvalue weighted by Gasteiger charge is 2.13. The first-order valence-electron chi connectivity index (χ1n) is 7.95. The summed E-state index contributed by atoms with van der Waals surface area (Å²) in [5.41, 5.74) is 2.81. The van der Waals surface area contributed by atoms with Gasteiger partial charge in [0.25, 0.3) is 5.91 Å². The average Bonchev–Trinajstić information content (AvgIpc) is 3.21. The molecule has 1 amide bonds. The van der Waals surface area contributed by atoms with E-state index < -0.39 is 0 Å². The number of thiophene rings is 1. The van der Waals surface area contributed by atoms with Gasteiger partial charge in [-0.2, -0.15) is 0 Å². The second-order valence-electron chi connectivity index (χ2n) is 5.86. The maximum absolute atomic E-state index is 12.6. The Morgan fingerprint density at radius 2 is 1.92 bits per heavy atom. The van der Waals surface area contributed by atoms with E-state index in [1.807, 2.05) is 43.6 Å². The molecule has 2 heterocycles. The van der Waals surface area contributed by atoms with Crippen LogP contribution in [0.1, 0.15) is 31.5 Å². The number of benzene rings is 1. The van der Waals surface area contributed by atoms with Crippen molar-refractivity contribution in [2.24, 2.45) is 0 Å². The summed E-state index contributed by atoms with van der Waals surface area (Å²) in [6, 6.07) is 9.35. The van der Waals surface area contributed by atoms with Gasteiger partial charge in [0.05, 0.1) is 17.2 Å². The number of aromatic nitrogens is 1. The molecule has 0 unspecified atom stereocenters. The van der Waals surface area contributed by atoms with E-state index in [0.29, 0.717) is 18.7 Å². The number of carbonyl (C=O) groups excluding carboxylic acids is 1. The zero-order valence-electron chi connectivity index (χ0n) is 14.5. The van der Waals surface area contributed by atoms with E-state index in [2.05, 4.69) is 23.4 Å². The van der Waals surface area contributed by atoms with Crippen LogP contribution in [0, 0.1) is 13.8 Å². The lowest BCUT2D eigenvalue weighted by Gasteiger charge is -2.17. The summed E-state index contributed by atoms with van der Waals surface area (Å²) < 4.78 is 5.72. The lowest BCUT2D eigenvalue weighted by atomic mass is 10.2. The second-order valence-corrected chi connectivity index (χ2v) is 7.92. The molecule has 0 fully saturated rings. The Kier molecular flexibility index (Phi) is 5.50. The SMILES string of the molecule is Cc1nc(COc2ccc(C(=O)N(C)Cc3sccc3C)cc2)cs1. The number of nitrogens with zero attached hydrogens (tertiary/aromatic N) is 2. The van der Waals surface area contributed by atoms with Gasteiger partial charge < -0.3 is 9.64 Å². The number of amides is 1. The molecule has 0 atom stereocenters. The van der Waals surface area contributed by atoms with Gasteiger partial charge in [-0.3, -0.25) is 4.79 Å². The Bertz CT molecular complexity index is 852. The number of hydrogen-bond acceptors (Lipinski definition) is 5. The van der Waals surface area contributed by atoms with Crippen molar-refractivity contribution >= 4 is 28.6 Å². The van der Waals surface area contributed by atoms with Crippen molar-refractivity contribution in [2.45, 2.75) is 27.0 Å². The van der Waals surface area contributed by atoms with Crippen LogP contribution >= 0.6 is 22.7 Å². The van der Waals surface area contributed by atoms with Crippen molar-refractivity contribution in [1.82, 2.24) is 9.88 Å². The number of hydrogen-bond donors (Lipinski definition) is 0. The molecule has 0 saturated carbocycles. The van der Waals surface area contributed by atoms with Crippen LogP contribution in [0.3, 0.4) is 0 Å². The molecule has 25 heavy (non-hydrogen) atoms. The fourth-order valence-corrected chi connectivity index (χ4v) is 3.96. The second kappa shape index (κ2) is 7.80. The van der Waals surface area contributed by atoms with Gasteiger partial charge in [0.15, 0.2) is 0 Å². The molecule has 6 heteroatoms. The summed E-state index contributed by atoms with van der Waals surface area (Å²) >= 11 is 3.29. The molecule has 130 valence electrons. The van der Waals surface area contributed by atoms with Crippen LogP contribution in [0.4, 0.5) is 0 Å². The van der Waals surface area contributed by atoms with Gasteiger partial charge in [-0.05, 0) is 55.1 Å². The maximum atomic E-state index is 12.6. The van der Waals surface area contributed by atoms with Crippen molar-refractivity contribution < 1.29 is 9.53 Å². The molecule has 0 bridgehead atoms. The lowest BCUT2D eigenvalue weighted by Crippen LogP contribution is -2.26. The van der Waals surface area contributed by atoms with Crippen LogP contribution in [0.25, 0.3) is 0 Å². The summed E-state index contributed by atoms with van der Waals surface area (Å²) in [7, 11) is 1.83. The van der Waals surface area contributed by atoms with E-state index in [9.17, 15) is 4.79 Å². The lowest BCUT2D eigenvalue weighted by molar-refractivity contribution is 0.0786. The van der Waals surface area contributed by atoms with Gasteiger partial charge >= 0.3 is 0 Å². The van der Waals surface area contributed by atoms with E-state index in [4.69, 9.17) is 4.74 Å². The van der Waals surface area contributed by atoms with Gasteiger partial charge in [0.2, 0.25) is 0 Å². The minimum Gasteiger partial charge on any atom is -0.487 e. The predicted molar refractivity (Wildman–Crippen MR) is 102 cm³/mol. The van der Waals surface area contributed by atoms with Gasteiger partial charge in [-0.1, -0.05) is 0 Å². The zero-order valence-corrected chi connectivity index (χ0v) is 16.1. The quantitative estimate of drug-likeness (QED) is 0.631. The first-order chi connectivity index (χ1) is 12.0. The highest BCUT2D eigenvalue weighted by Crippen LogP contribution is 2.20. The Morgan fingerprint density at radius 3 is 2.52 bits per heavy atom. The van der Waals surface area contributed by atoms with Crippen LogP contribution < -0.4 is 4.74 Å². The van der Waals surface area contributed by atoms with Gasteiger partial charge in [-0.15, -0.1) is 22.7 Å². The summed E-state index contributed by atoms with van der Waals surface area (Å²) in [6.07, 6.45) is 0. The van der Waals surface area contributed by atoms with Crippen LogP contribution in [0.15, 0.2) is 41.1 Å². The van der Waals surface area contributed by atoms with E-state index in [-0.39, 0.29) is 5.91 Å². The molecular formula is C19H20N2O2S2. The van der Waals surface area contributed by atoms with Crippen LogP contribution in [0.2, 0.25) is 0 Å². The highest BCUT2D eigenvalue weighted by atomic mass is 32.1. The molecule has 0 radical (unpaired) electrons. The summed E-state index contributed by atoms with van der Waals surface area (Å²) in [5, 5.41) is 5.08. The monoisotopic (exact) mass is 372 g/mol. The number of rotatable bonds is 6. The number of thiazole rings is 1. The van der Waals surface area contributed by atoms with Gasteiger partial charge in [0.1, 0.15) is 12.4 Å². The van der Waals surface area contributed by atoms with E-state index in [0.717, 1.165) is 16.5 Å². The molecule has 0 N–H and O–H groups in total.